The lowest BCUT2D eigenvalue weighted by Gasteiger charge is -2.09. The van der Waals surface area contributed by atoms with Gasteiger partial charge in [0.05, 0.1) is 5.75 Å². The molecule has 0 spiro atoms. The highest BCUT2D eigenvalue weighted by Crippen LogP contribution is 2.20. The van der Waals surface area contributed by atoms with Crippen molar-refractivity contribution < 1.29 is 9.53 Å². The van der Waals surface area contributed by atoms with Crippen LogP contribution in [0.25, 0.3) is 0 Å². The van der Waals surface area contributed by atoms with Gasteiger partial charge in [-0.3, -0.25) is 4.79 Å². The van der Waals surface area contributed by atoms with E-state index in [0.717, 1.165) is 28.4 Å². The predicted molar refractivity (Wildman–Crippen MR) is 112 cm³/mol. The number of benzene rings is 2. The maximum absolute atomic E-state index is 12.3. The van der Waals surface area contributed by atoms with Crippen molar-refractivity contribution in [2.45, 2.75) is 39.1 Å². The largest absolute Gasteiger partial charge is 0.486 e. The van der Waals surface area contributed by atoms with E-state index < -0.39 is 0 Å². The van der Waals surface area contributed by atoms with Gasteiger partial charge in [-0.2, -0.15) is 0 Å². The Bertz CT molecular complexity index is 921. The third-order valence-electron chi connectivity index (χ3n) is 4.06. The van der Waals surface area contributed by atoms with E-state index in [4.69, 9.17) is 4.74 Å². The fourth-order valence-electron chi connectivity index (χ4n) is 2.89. The third-order valence-corrected chi connectivity index (χ3v) is 5.03. The van der Waals surface area contributed by atoms with Gasteiger partial charge in [-0.25, -0.2) is 0 Å². The first-order valence-corrected chi connectivity index (χ1v) is 10.1. The number of amides is 1. The molecule has 146 valence electrons. The molecule has 7 heteroatoms. The number of anilines is 1. The van der Waals surface area contributed by atoms with Crippen LogP contribution in [0.2, 0.25) is 0 Å². The molecule has 0 fully saturated rings. The molecule has 0 aliphatic heterocycles. The Morgan fingerprint density at radius 1 is 1.11 bits per heavy atom. The number of hydrogen-bond acceptors (Lipinski definition) is 5. The molecule has 1 heterocycles. The molecule has 0 aliphatic carbocycles. The highest BCUT2D eigenvalue weighted by atomic mass is 32.2. The molecule has 0 saturated carbocycles. The summed E-state index contributed by atoms with van der Waals surface area (Å²) in [5.74, 6) is 1.73. The average Bonchev–Trinajstić information content (AvgIpc) is 3.06. The zero-order chi connectivity index (χ0) is 19.9. The molecule has 1 N–H and O–H groups in total. The molecular weight excluding hydrogens is 372 g/mol. The normalized spacial score (nSPS) is 10.7. The van der Waals surface area contributed by atoms with E-state index in [1.165, 1.54) is 11.8 Å². The van der Waals surface area contributed by atoms with Crippen molar-refractivity contribution >= 4 is 23.4 Å². The molecule has 3 aromatic rings. The molecule has 28 heavy (non-hydrogen) atoms. The van der Waals surface area contributed by atoms with Crippen molar-refractivity contribution in [1.29, 1.82) is 0 Å². The van der Waals surface area contributed by atoms with Crippen LogP contribution in [0.15, 0.2) is 53.7 Å². The van der Waals surface area contributed by atoms with Crippen molar-refractivity contribution in [3.05, 3.63) is 65.5 Å². The van der Waals surface area contributed by atoms with Gasteiger partial charge in [0.1, 0.15) is 12.4 Å². The van der Waals surface area contributed by atoms with Gasteiger partial charge in [-0.15, -0.1) is 10.2 Å². The molecule has 0 unspecified atom stereocenters. The molecule has 0 aliphatic rings. The second-order valence-electron chi connectivity index (χ2n) is 6.46. The van der Waals surface area contributed by atoms with Crippen molar-refractivity contribution in [2.24, 2.45) is 0 Å². The predicted octanol–water partition coefficient (Wildman–Crippen LogP) is 4.22. The Kier molecular flexibility index (Phi) is 6.71. The number of carbonyl (C=O) groups is 1. The van der Waals surface area contributed by atoms with E-state index in [0.29, 0.717) is 18.3 Å². The zero-order valence-electron chi connectivity index (χ0n) is 16.3. The number of nitrogens with zero attached hydrogens (tertiary/aromatic N) is 3. The van der Waals surface area contributed by atoms with Crippen molar-refractivity contribution in [1.82, 2.24) is 14.8 Å². The Hall–Kier alpha value is -2.80. The Balaban J connectivity index is 1.58. The summed E-state index contributed by atoms with van der Waals surface area (Å²) >= 11 is 1.37. The van der Waals surface area contributed by atoms with E-state index in [1.54, 1.807) is 0 Å². The monoisotopic (exact) mass is 396 g/mol. The minimum atomic E-state index is -0.0669. The van der Waals surface area contributed by atoms with Crippen LogP contribution in [0.4, 0.5) is 5.69 Å². The summed E-state index contributed by atoms with van der Waals surface area (Å²) in [7, 11) is 0. The summed E-state index contributed by atoms with van der Waals surface area (Å²) < 4.78 is 7.73. The van der Waals surface area contributed by atoms with Crippen molar-refractivity contribution in [3.8, 4) is 5.75 Å². The minimum absolute atomic E-state index is 0.0669. The van der Waals surface area contributed by atoms with E-state index in [1.807, 2.05) is 67.8 Å². The van der Waals surface area contributed by atoms with Gasteiger partial charge in [-0.05, 0) is 56.2 Å². The number of ether oxygens (including phenoxy) is 1. The van der Waals surface area contributed by atoms with Crippen LogP contribution in [0.1, 0.15) is 23.9 Å². The van der Waals surface area contributed by atoms with Crippen LogP contribution in [-0.4, -0.2) is 26.4 Å². The van der Waals surface area contributed by atoms with Gasteiger partial charge in [0, 0.05) is 12.2 Å². The topological polar surface area (TPSA) is 69.0 Å². The molecule has 1 aromatic heterocycles. The molecule has 3 rings (SSSR count). The third kappa shape index (κ3) is 5.36. The highest BCUT2D eigenvalue weighted by Gasteiger charge is 2.14. The molecular formula is C21H24N4O2S. The smallest absolute Gasteiger partial charge is 0.234 e. The van der Waals surface area contributed by atoms with Crippen molar-refractivity contribution in [2.75, 3.05) is 11.1 Å². The lowest BCUT2D eigenvalue weighted by molar-refractivity contribution is -0.113. The Morgan fingerprint density at radius 3 is 2.50 bits per heavy atom. The maximum atomic E-state index is 12.3. The summed E-state index contributed by atoms with van der Waals surface area (Å²) in [5, 5.41) is 12.1. The van der Waals surface area contributed by atoms with E-state index >= 15 is 0 Å². The summed E-state index contributed by atoms with van der Waals surface area (Å²) in [6.07, 6.45) is 0. The van der Waals surface area contributed by atoms with Crippen LogP contribution in [0, 0.1) is 13.8 Å². The van der Waals surface area contributed by atoms with Crippen LogP contribution in [0.3, 0.4) is 0 Å². The molecule has 0 atom stereocenters. The quantitative estimate of drug-likeness (QED) is 0.577. The second-order valence-corrected chi connectivity index (χ2v) is 7.40. The van der Waals surface area contributed by atoms with E-state index in [9.17, 15) is 4.79 Å². The van der Waals surface area contributed by atoms with Gasteiger partial charge in [0.15, 0.2) is 11.0 Å². The van der Waals surface area contributed by atoms with Gasteiger partial charge in [-0.1, -0.05) is 36.0 Å². The Labute approximate surface area is 169 Å². The summed E-state index contributed by atoms with van der Waals surface area (Å²) in [6.45, 7) is 7.09. The van der Waals surface area contributed by atoms with E-state index in [-0.39, 0.29) is 11.7 Å². The maximum Gasteiger partial charge on any atom is 0.234 e. The van der Waals surface area contributed by atoms with Crippen LogP contribution >= 0.6 is 11.8 Å². The summed E-state index contributed by atoms with van der Waals surface area (Å²) in [6, 6.07) is 15.6. The number of aryl methyl sites for hydroxylation is 2. The number of nitrogens with one attached hydrogen (secondary N) is 1. The van der Waals surface area contributed by atoms with Gasteiger partial charge in [0.2, 0.25) is 5.91 Å². The Morgan fingerprint density at radius 2 is 1.82 bits per heavy atom. The van der Waals surface area contributed by atoms with Gasteiger partial charge in [0.25, 0.3) is 0 Å². The highest BCUT2D eigenvalue weighted by molar-refractivity contribution is 7.99. The van der Waals surface area contributed by atoms with E-state index in [2.05, 4.69) is 21.6 Å². The fraction of sp³-hybridized carbons (Fsp3) is 0.286. The zero-order valence-corrected chi connectivity index (χ0v) is 17.1. The molecule has 2 aromatic carbocycles. The molecule has 0 saturated heterocycles. The lowest BCUT2D eigenvalue weighted by atomic mass is 10.1. The lowest BCUT2D eigenvalue weighted by Crippen LogP contribution is -2.15. The SMILES string of the molecule is CCn1c(COc2ccccc2)nnc1SCC(=O)Nc1cc(C)cc(C)c1. The number of aromatic nitrogens is 3. The molecule has 6 nitrogen and oxygen atoms in total. The number of thioether (sulfide) groups is 1. The van der Waals surface area contributed by atoms with Crippen LogP contribution in [0.5, 0.6) is 5.75 Å². The van der Waals surface area contributed by atoms with Crippen molar-refractivity contribution in [3.63, 3.8) is 0 Å². The molecule has 0 radical (unpaired) electrons. The summed E-state index contributed by atoms with van der Waals surface area (Å²) in [4.78, 5) is 12.3. The standard InChI is InChI=1S/C21H24N4O2S/c1-4-25-19(13-27-18-8-6-5-7-9-18)23-24-21(25)28-14-20(26)22-17-11-15(2)10-16(3)12-17/h5-12H,4,13-14H2,1-3H3,(H,22,26). The van der Waals surface area contributed by atoms with Crippen LogP contribution < -0.4 is 10.1 Å². The minimum Gasteiger partial charge on any atom is -0.486 e. The fourth-order valence-corrected chi connectivity index (χ4v) is 3.71. The molecule has 1 amide bonds. The first kappa shape index (κ1) is 19.9. The van der Waals surface area contributed by atoms with Crippen LogP contribution in [-0.2, 0) is 17.9 Å². The first-order chi connectivity index (χ1) is 13.5. The number of carbonyl (C=O) groups excluding carboxylic acids is 1. The summed E-state index contributed by atoms with van der Waals surface area (Å²) in [5.41, 5.74) is 3.06. The van der Waals surface area contributed by atoms with Gasteiger partial charge >= 0.3 is 0 Å². The van der Waals surface area contributed by atoms with Gasteiger partial charge < -0.3 is 14.6 Å². The number of rotatable bonds is 8. The molecule has 0 bridgehead atoms. The second kappa shape index (κ2) is 9.41. The first-order valence-electron chi connectivity index (χ1n) is 9.16. The average molecular weight is 397 g/mol. The number of para-hydroxylation sites is 1. The number of hydrogen-bond donors (Lipinski definition) is 1.